The SMILES string of the molecule is CCNC(=NCCc1ccc(O)c(OC)c1)NC1CCN(c2c(F)cccc2F)C1.I. The minimum Gasteiger partial charge on any atom is -0.504 e. The predicted octanol–water partition coefficient (Wildman–Crippen LogP) is 3.67. The molecular weight excluding hydrogens is 517 g/mol. The molecule has 1 unspecified atom stereocenters. The van der Waals surface area contributed by atoms with Crippen molar-refractivity contribution in [3.8, 4) is 11.5 Å². The number of ether oxygens (including phenoxy) is 1. The molecule has 0 amide bonds. The lowest BCUT2D eigenvalue weighted by Crippen LogP contribution is -2.44. The van der Waals surface area contributed by atoms with E-state index in [0.717, 1.165) is 12.0 Å². The Kier molecular flexibility index (Phi) is 9.60. The molecule has 1 heterocycles. The minimum atomic E-state index is -0.541. The third kappa shape index (κ3) is 6.59. The summed E-state index contributed by atoms with van der Waals surface area (Å²) in [5.41, 5.74) is 1.04. The van der Waals surface area contributed by atoms with Crippen LogP contribution in [0.25, 0.3) is 0 Å². The number of para-hydroxylation sites is 1. The normalized spacial score (nSPS) is 16.1. The quantitative estimate of drug-likeness (QED) is 0.281. The van der Waals surface area contributed by atoms with E-state index in [2.05, 4.69) is 15.6 Å². The van der Waals surface area contributed by atoms with Crippen LogP contribution in [0.15, 0.2) is 41.4 Å². The molecule has 31 heavy (non-hydrogen) atoms. The van der Waals surface area contributed by atoms with E-state index in [-0.39, 0.29) is 41.5 Å². The van der Waals surface area contributed by atoms with Crippen molar-refractivity contribution in [3.05, 3.63) is 53.6 Å². The molecule has 1 atom stereocenters. The van der Waals surface area contributed by atoms with Gasteiger partial charge < -0.3 is 25.4 Å². The molecule has 0 aliphatic carbocycles. The number of hydrogen-bond acceptors (Lipinski definition) is 4. The van der Waals surface area contributed by atoms with Crippen molar-refractivity contribution >= 4 is 35.6 Å². The fourth-order valence-corrected chi connectivity index (χ4v) is 3.56. The van der Waals surface area contributed by atoms with Crippen LogP contribution in [0.5, 0.6) is 11.5 Å². The average Bonchev–Trinajstić information content (AvgIpc) is 3.17. The Morgan fingerprint density at radius 2 is 2.00 bits per heavy atom. The second-order valence-corrected chi connectivity index (χ2v) is 7.16. The zero-order chi connectivity index (χ0) is 21.5. The third-order valence-electron chi connectivity index (χ3n) is 5.04. The molecule has 170 valence electrons. The number of benzene rings is 2. The summed E-state index contributed by atoms with van der Waals surface area (Å²) < 4.78 is 33.2. The molecule has 1 fully saturated rings. The van der Waals surface area contributed by atoms with Crippen molar-refractivity contribution in [2.24, 2.45) is 4.99 Å². The Hall–Kier alpha value is -2.30. The van der Waals surface area contributed by atoms with Crippen molar-refractivity contribution in [3.63, 3.8) is 0 Å². The van der Waals surface area contributed by atoms with Gasteiger partial charge in [-0.3, -0.25) is 4.99 Å². The van der Waals surface area contributed by atoms with Gasteiger partial charge >= 0.3 is 0 Å². The van der Waals surface area contributed by atoms with Gasteiger partial charge in [-0.1, -0.05) is 12.1 Å². The van der Waals surface area contributed by atoms with Crippen molar-refractivity contribution in [2.75, 3.05) is 38.2 Å². The Bertz CT molecular complexity index is 878. The first-order valence-electron chi connectivity index (χ1n) is 10.1. The maximum atomic E-state index is 14.1. The number of rotatable bonds is 7. The van der Waals surface area contributed by atoms with Crippen LogP contribution in [0.2, 0.25) is 0 Å². The fraction of sp³-hybridized carbons (Fsp3) is 0.409. The van der Waals surface area contributed by atoms with Gasteiger partial charge in [0.05, 0.1) is 7.11 Å². The second kappa shape index (κ2) is 11.9. The first-order chi connectivity index (χ1) is 14.5. The van der Waals surface area contributed by atoms with Crippen LogP contribution in [0.3, 0.4) is 0 Å². The Labute approximate surface area is 198 Å². The smallest absolute Gasteiger partial charge is 0.191 e. The van der Waals surface area contributed by atoms with Gasteiger partial charge in [0.15, 0.2) is 17.5 Å². The first kappa shape index (κ1) is 25.0. The maximum absolute atomic E-state index is 14.1. The van der Waals surface area contributed by atoms with Gasteiger partial charge in [-0.15, -0.1) is 24.0 Å². The van der Waals surface area contributed by atoms with Crippen molar-refractivity contribution < 1.29 is 18.6 Å². The zero-order valence-corrected chi connectivity index (χ0v) is 20.0. The second-order valence-electron chi connectivity index (χ2n) is 7.16. The Morgan fingerprint density at radius 1 is 1.26 bits per heavy atom. The monoisotopic (exact) mass is 546 g/mol. The van der Waals surface area contributed by atoms with E-state index in [9.17, 15) is 13.9 Å². The van der Waals surface area contributed by atoms with Gasteiger partial charge in [0.25, 0.3) is 0 Å². The third-order valence-corrected chi connectivity index (χ3v) is 5.04. The number of guanidine groups is 1. The Balaban J connectivity index is 0.00000341. The van der Waals surface area contributed by atoms with Gasteiger partial charge in [0.2, 0.25) is 0 Å². The molecule has 9 heteroatoms. The lowest BCUT2D eigenvalue weighted by molar-refractivity contribution is 0.373. The summed E-state index contributed by atoms with van der Waals surface area (Å²) in [5, 5.41) is 16.3. The molecule has 3 N–H and O–H groups in total. The fourth-order valence-electron chi connectivity index (χ4n) is 3.56. The molecule has 6 nitrogen and oxygen atoms in total. The number of aliphatic imine (C=N–C) groups is 1. The molecule has 0 saturated carbocycles. The van der Waals surface area contributed by atoms with Gasteiger partial charge in [-0.25, -0.2) is 8.78 Å². The highest BCUT2D eigenvalue weighted by atomic mass is 127. The molecule has 0 spiro atoms. The number of nitrogens with zero attached hydrogens (tertiary/aromatic N) is 2. The summed E-state index contributed by atoms with van der Waals surface area (Å²) in [6.45, 7) is 4.30. The zero-order valence-electron chi connectivity index (χ0n) is 17.7. The summed E-state index contributed by atoms with van der Waals surface area (Å²) in [5.74, 6) is 0.134. The number of phenols is 1. The van der Waals surface area contributed by atoms with E-state index >= 15 is 0 Å². The minimum absolute atomic E-state index is 0. The number of halogens is 3. The number of hydrogen-bond donors (Lipinski definition) is 3. The highest BCUT2D eigenvalue weighted by Gasteiger charge is 2.27. The number of aromatic hydroxyl groups is 1. The molecule has 2 aromatic carbocycles. The summed E-state index contributed by atoms with van der Waals surface area (Å²) in [6, 6.07) is 9.21. The van der Waals surface area contributed by atoms with E-state index in [1.54, 1.807) is 17.0 Å². The first-order valence-corrected chi connectivity index (χ1v) is 10.1. The van der Waals surface area contributed by atoms with Crippen LogP contribution in [-0.2, 0) is 6.42 Å². The number of methoxy groups -OCH3 is 1. The van der Waals surface area contributed by atoms with Crippen molar-refractivity contribution in [1.29, 1.82) is 0 Å². The lowest BCUT2D eigenvalue weighted by Gasteiger charge is -2.21. The highest BCUT2D eigenvalue weighted by molar-refractivity contribution is 14.0. The van der Waals surface area contributed by atoms with E-state index in [1.165, 1.54) is 25.3 Å². The van der Waals surface area contributed by atoms with E-state index < -0.39 is 11.6 Å². The molecule has 3 rings (SSSR count). The van der Waals surface area contributed by atoms with Crippen LogP contribution < -0.4 is 20.3 Å². The van der Waals surface area contributed by atoms with Gasteiger partial charge in [0.1, 0.15) is 17.3 Å². The molecule has 0 aromatic heterocycles. The van der Waals surface area contributed by atoms with Crippen LogP contribution in [0, 0.1) is 11.6 Å². The van der Waals surface area contributed by atoms with E-state index in [4.69, 9.17) is 4.74 Å². The largest absolute Gasteiger partial charge is 0.504 e. The summed E-state index contributed by atoms with van der Waals surface area (Å²) in [4.78, 5) is 6.34. The lowest BCUT2D eigenvalue weighted by atomic mass is 10.1. The number of nitrogens with one attached hydrogen (secondary N) is 2. The number of anilines is 1. The highest BCUT2D eigenvalue weighted by Crippen LogP contribution is 2.27. The predicted molar refractivity (Wildman–Crippen MR) is 130 cm³/mol. The summed E-state index contributed by atoms with van der Waals surface area (Å²) in [6.07, 6.45) is 1.44. The van der Waals surface area contributed by atoms with Gasteiger partial charge in [0, 0.05) is 32.2 Å². The van der Waals surface area contributed by atoms with Crippen molar-refractivity contribution in [2.45, 2.75) is 25.8 Å². The molecule has 0 bridgehead atoms. The molecule has 1 aliphatic rings. The van der Waals surface area contributed by atoms with Gasteiger partial charge in [-0.05, 0) is 49.6 Å². The topological polar surface area (TPSA) is 69.1 Å². The molecular formula is C22H29F2IN4O2. The maximum Gasteiger partial charge on any atom is 0.191 e. The van der Waals surface area contributed by atoms with Crippen LogP contribution in [0.1, 0.15) is 18.9 Å². The molecule has 1 saturated heterocycles. The summed E-state index contributed by atoms with van der Waals surface area (Å²) >= 11 is 0. The number of phenolic OH excluding ortho intramolecular Hbond substituents is 1. The van der Waals surface area contributed by atoms with E-state index in [0.29, 0.717) is 44.3 Å². The molecule has 0 radical (unpaired) electrons. The van der Waals surface area contributed by atoms with Crippen LogP contribution in [0.4, 0.5) is 14.5 Å². The van der Waals surface area contributed by atoms with Crippen LogP contribution >= 0.6 is 24.0 Å². The molecule has 2 aromatic rings. The molecule has 1 aliphatic heterocycles. The standard InChI is InChI=1S/C22H28F2N4O2.HI/c1-3-25-22(26-11-9-15-7-8-19(29)20(13-15)30-2)27-16-10-12-28(14-16)21-17(23)5-4-6-18(21)24;/h4-8,13,16,29H,3,9-12,14H2,1-2H3,(H2,25,26,27);1H. The average molecular weight is 546 g/mol. The van der Waals surface area contributed by atoms with Crippen molar-refractivity contribution in [1.82, 2.24) is 10.6 Å². The van der Waals surface area contributed by atoms with E-state index in [1.807, 2.05) is 13.0 Å². The Morgan fingerprint density at radius 3 is 2.68 bits per heavy atom. The van der Waals surface area contributed by atoms with Gasteiger partial charge in [-0.2, -0.15) is 0 Å². The summed E-state index contributed by atoms with van der Waals surface area (Å²) in [7, 11) is 1.52. The van der Waals surface area contributed by atoms with Crippen LogP contribution in [-0.4, -0.2) is 50.4 Å².